The van der Waals surface area contributed by atoms with E-state index in [4.69, 9.17) is 5.73 Å². The lowest BCUT2D eigenvalue weighted by molar-refractivity contribution is 0.103. The Morgan fingerprint density at radius 1 is 1.05 bits per heavy atom. The van der Waals surface area contributed by atoms with Gasteiger partial charge in [0.15, 0.2) is 5.78 Å². The lowest BCUT2D eigenvalue weighted by Crippen LogP contribution is -2.10. The van der Waals surface area contributed by atoms with Crippen LogP contribution in [0, 0.1) is 0 Å². The Morgan fingerprint density at radius 3 is 2.32 bits per heavy atom. The van der Waals surface area contributed by atoms with Crippen molar-refractivity contribution in [3.05, 3.63) is 59.7 Å². The number of anilines is 2. The Kier molecular flexibility index (Phi) is 3.85. The molecule has 2 rings (SSSR count). The summed E-state index contributed by atoms with van der Waals surface area (Å²) in [6, 6.07) is 14.9. The minimum atomic E-state index is -0.0142. The highest BCUT2D eigenvalue weighted by Crippen LogP contribution is 2.17. The quantitative estimate of drug-likeness (QED) is 0.650. The van der Waals surface area contributed by atoms with Crippen molar-refractivity contribution in [3.63, 3.8) is 0 Å². The predicted octanol–water partition coefficient (Wildman–Crippen LogP) is 3.32. The summed E-state index contributed by atoms with van der Waals surface area (Å²) in [7, 11) is 0. The lowest BCUT2D eigenvalue weighted by Gasteiger charge is -2.11. The van der Waals surface area contributed by atoms with Gasteiger partial charge in [-0.1, -0.05) is 24.3 Å². The molecule has 3 heteroatoms. The van der Waals surface area contributed by atoms with Crippen LogP contribution in [0.4, 0.5) is 11.4 Å². The van der Waals surface area contributed by atoms with Gasteiger partial charge >= 0.3 is 0 Å². The highest BCUT2D eigenvalue weighted by molar-refractivity contribution is 6.09. The van der Waals surface area contributed by atoms with E-state index >= 15 is 0 Å². The first-order valence-electron chi connectivity index (χ1n) is 6.33. The van der Waals surface area contributed by atoms with E-state index in [1.165, 1.54) is 0 Å². The summed E-state index contributed by atoms with van der Waals surface area (Å²) < 4.78 is 0. The van der Waals surface area contributed by atoms with Crippen molar-refractivity contribution in [2.24, 2.45) is 0 Å². The first-order chi connectivity index (χ1) is 9.06. The molecule has 0 saturated carbocycles. The van der Waals surface area contributed by atoms with Gasteiger partial charge in [-0.15, -0.1) is 0 Å². The monoisotopic (exact) mass is 254 g/mol. The third kappa shape index (κ3) is 3.35. The maximum atomic E-state index is 12.4. The van der Waals surface area contributed by atoms with Crippen LogP contribution in [0.5, 0.6) is 0 Å². The van der Waals surface area contributed by atoms with Crippen molar-refractivity contribution in [2.75, 3.05) is 11.1 Å². The van der Waals surface area contributed by atoms with E-state index in [1.54, 1.807) is 24.3 Å². The maximum Gasteiger partial charge on any atom is 0.193 e. The average Bonchev–Trinajstić information content (AvgIpc) is 2.37. The second-order valence-electron chi connectivity index (χ2n) is 4.83. The van der Waals surface area contributed by atoms with Crippen molar-refractivity contribution >= 4 is 17.2 Å². The number of ketones is 1. The number of nitrogens with one attached hydrogen (secondary N) is 1. The fourth-order valence-corrected chi connectivity index (χ4v) is 1.93. The second-order valence-corrected chi connectivity index (χ2v) is 4.83. The molecule has 3 nitrogen and oxygen atoms in total. The van der Waals surface area contributed by atoms with Crippen molar-refractivity contribution in [1.82, 2.24) is 0 Å². The molecule has 98 valence electrons. The first kappa shape index (κ1) is 13.1. The Bertz CT molecular complexity index is 591. The van der Waals surface area contributed by atoms with Crippen molar-refractivity contribution in [3.8, 4) is 0 Å². The number of carbonyl (C=O) groups is 1. The van der Waals surface area contributed by atoms with Gasteiger partial charge in [0.1, 0.15) is 0 Å². The minimum Gasteiger partial charge on any atom is -0.399 e. The number of hydrogen-bond acceptors (Lipinski definition) is 3. The molecule has 0 spiro atoms. The molecule has 0 aliphatic carbocycles. The molecule has 0 aromatic heterocycles. The molecule has 19 heavy (non-hydrogen) atoms. The number of rotatable bonds is 4. The number of benzene rings is 2. The molecule has 0 bridgehead atoms. The summed E-state index contributed by atoms with van der Waals surface area (Å²) in [5.41, 5.74) is 8.53. The van der Waals surface area contributed by atoms with Gasteiger partial charge in [0.2, 0.25) is 0 Å². The van der Waals surface area contributed by atoms with Crippen LogP contribution in [0.2, 0.25) is 0 Å². The third-order valence-corrected chi connectivity index (χ3v) is 2.73. The molecule has 0 aliphatic rings. The van der Waals surface area contributed by atoms with Gasteiger partial charge < -0.3 is 11.1 Å². The van der Waals surface area contributed by atoms with Gasteiger partial charge in [-0.3, -0.25) is 4.79 Å². The molecule has 0 unspecified atom stereocenters. The predicted molar refractivity (Wildman–Crippen MR) is 79.5 cm³/mol. The van der Waals surface area contributed by atoms with E-state index < -0.39 is 0 Å². The normalized spacial score (nSPS) is 10.5. The number of carbonyl (C=O) groups excluding carboxylic acids is 1. The van der Waals surface area contributed by atoms with Gasteiger partial charge in [0, 0.05) is 28.5 Å². The zero-order valence-corrected chi connectivity index (χ0v) is 11.2. The Balaban J connectivity index is 2.29. The molecule has 0 aliphatic heterocycles. The summed E-state index contributed by atoms with van der Waals surface area (Å²) in [5, 5.41) is 3.29. The molecular formula is C16H18N2O. The summed E-state index contributed by atoms with van der Waals surface area (Å²) in [6.07, 6.45) is 0. The zero-order valence-electron chi connectivity index (χ0n) is 11.2. The first-order valence-corrected chi connectivity index (χ1v) is 6.33. The topological polar surface area (TPSA) is 55.1 Å². The lowest BCUT2D eigenvalue weighted by atomic mass is 10.0. The Hall–Kier alpha value is -2.29. The zero-order chi connectivity index (χ0) is 13.8. The van der Waals surface area contributed by atoms with E-state index in [0.717, 1.165) is 5.69 Å². The summed E-state index contributed by atoms with van der Waals surface area (Å²) in [6.45, 7) is 4.12. The largest absolute Gasteiger partial charge is 0.399 e. The highest BCUT2D eigenvalue weighted by atomic mass is 16.1. The van der Waals surface area contributed by atoms with Crippen LogP contribution in [0.1, 0.15) is 29.8 Å². The van der Waals surface area contributed by atoms with Crippen LogP contribution in [0.15, 0.2) is 48.5 Å². The molecule has 0 fully saturated rings. The number of nitrogen functional groups attached to an aromatic ring is 1. The highest BCUT2D eigenvalue weighted by Gasteiger charge is 2.09. The van der Waals surface area contributed by atoms with Crippen molar-refractivity contribution in [2.45, 2.75) is 19.9 Å². The fourth-order valence-electron chi connectivity index (χ4n) is 1.93. The maximum absolute atomic E-state index is 12.4. The van der Waals surface area contributed by atoms with Crippen LogP contribution in [0.25, 0.3) is 0 Å². The number of hydrogen-bond donors (Lipinski definition) is 2. The van der Waals surface area contributed by atoms with E-state index in [9.17, 15) is 4.79 Å². The molecule has 3 N–H and O–H groups in total. The molecule has 0 amide bonds. The van der Waals surface area contributed by atoms with Gasteiger partial charge in [0.25, 0.3) is 0 Å². The molecule has 2 aromatic rings. The Morgan fingerprint density at radius 2 is 1.68 bits per heavy atom. The minimum absolute atomic E-state index is 0.0142. The summed E-state index contributed by atoms with van der Waals surface area (Å²) in [4.78, 5) is 12.4. The molecule has 0 atom stereocenters. The SMILES string of the molecule is CC(C)Nc1cccc(C(=O)c2cccc(N)c2)c1. The molecular weight excluding hydrogens is 236 g/mol. The van der Waals surface area contributed by atoms with Gasteiger partial charge in [0.05, 0.1) is 0 Å². The van der Waals surface area contributed by atoms with E-state index in [-0.39, 0.29) is 5.78 Å². The Labute approximate surface area is 113 Å². The standard InChI is InChI=1S/C16H18N2O/c1-11(2)18-15-8-4-6-13(10-15)16(19)12-5-3-7-14(17)9-12/h3-11,18H,17H2,1-2H3. The fraction of sp³-hybridized carbons (Fsp3) is 0.188. The van der Waals surface area contributed by atoms with E-state index in [1.807, 2.05) is 24.3 Å². The van der Waals surface area contributed by atoms with Crippen LogP contribution in [0.3, 0.4) is 0 Å². The average molecular weight is 254 g/mol. The van der Waals surface area contributed by atoms with Crippen LogP contribution < -0.4 is 11.1 Å². The van der Waals surface area contributed by atoms with Crippen LogP contribution in [-0.4, -0.2) is 11.8 Å². The van der Waals surface area contributed by atoms with E-state index in [2.05, 4.69) is 19.2 Å². The van der Waals surface area contributed by atoms with Crippen molar-refractivity contribution in [1.29, 1.82) is 0 Å². The van der Waals surface area contributed by atoms with Crippen LogP contribution >= 0.6 is 0 Å². The van der Waals surface area contributed by atoms with Gasteiger partial charge in [-0.05, 0) is 38.1 Å². The number of nitrogens with two attached hydrogens (primary N) is 1. The summed E-state index contributed by atoms with van der Waals surface area (Å²) in [5.74, 6) is -0.0142. The second kappa shape index (κ2) is 5.57. The van der Waals surface area contributed by atoms with E-state index in [0.29, 0.717) is 22.9 Å². The van der Waals surface area contributed by atoms with Gasteiger partial charge in [-0.2, -0.15) is 0 Å². The molecule has 0 radical (unpaired) electrons. The molecule has 0 saturated heterocycles. The molecule has 2 aromatic carbocycles. The summed E-state index contributed by atoms with van der Waals surface area (Å²) >= 11 is 0. The van der Waals surface area contributed by atoms with Crippen LogP contribution in [-0.2, 0) is 0 Å². The molecule has 0 heterocycles. The smallest absolute Gasteiger partial charge is 0.193 e. The van der Waals surface area contributed by atoms with Gasteiger partial charge in [-0.25, -0.2) is 0 Å². The van der Waals surface area contributed by atoms with Crippen molar-refractivity contribution < 1.29 is 4.79 Å². The third-order valence-electron chi connectivity index (χ3n) is 2.73.